The quantitative estimate of drug-likeness (QED) is 0.829. The predicted octanol–water partition coefficient (Wildman–Crippen LogP) is 3.03. The van der Waals surface area contributed by atoms with Crippen molar-refractivity contribution in [1.82, 2.24) is 0 Å². The Balaban J connectivity index is 1.87. The van der Waals surface area contributed by atoms with Gasteiger partial charge in [-0.25, -0.2) is 0 Å². The predicted molar refractivity (Wildman–Crippen MR) is 77.1 cm³/mol. The van der Waals surface area contributed by atoms with Gasteiger partial charge in [-0.2, -0.15) is 0 Å². The van der Waals surface area contributed by atoms with Crippen molar-refractivity contribution >= 4 is 0 Å². The highest BCUT2D eigenvalue weighted by atomic mass is 16.5. The van der Waals surface area contributed by atoms with Crippen molar-refractivity contribution in [3.8, 4) is 5.75 Å². The minimum atomic E-state index is -0.483. The smallest absolute Gasteiger partial charge is 0.119 e. The number of aliphatic hydroxyl groups excluding tert-OH is 1. The maximum atomic E-state index is 9.93. The summed E-state index contributed by atoms with van der Waals surface area (Å²) >= 11 is 0. The Morgan fingerprint density at radius 3 is 2.79 bits per heavy atom. The van der Waals surface area contributed by atoms with Gasteiger partial charge in [0.25, 0.3) is 0 Å². The highest BCUT2D eigenvalue weighted by Gasteiger charge is 2.14. The van der Waals surface area contributed by atoms with Gasteiger partial charge in [0, 0.05) is 0 Å². The summed E-state index contributed by atoms with van der Waals surface area (Å²) in [6.45, 7) is 1.30. The van der Waals surface area contributed by atoms with E-state index in [0.29, 0.717) is 18.9 Å². The summed E-state index contributed by atoms with van der Waals surface area (Å²) in [6.07, 6.45) is 6.73. The summed E-state index contributed by atoms with van der Waals surface area (Å²) < 4.78 is 5.87. The molecule has 3 heteroatoms. The van der Waals surface area contributed by atoms with E-state index in [4.69, 9.17) is 10.5 Å². The Kier molecular flexibility index (Phi) is 5.67. The second-order valence-corrected chi connectivity index (χ2v) is 5.48. The molecule has 106 valence electrons. The minimum absolute atomic E-state index is 0.483. The van der Waals surface area contributed by atoms with Gasteiger partial charge < -0.3 is 15.6 Å². The van der Waals surface area contributed by atoms with Gasteiger partial charge in [-0.1, -0.05) is 31.4 Å². The average molecular weight is 263 g/mol. The number of rotatable bonds is 6. The first-order chi connectivity index (χ1) is 9.29. The summed E-state index contributed by atoms with van der Waals surface area (Å²) in [4.78, 5) is 0. The van der Waals surface area contributed by atoms with Gasteiger partial charge in [0.1, 0.15) is 5.75 Å². The molecule has 0 heterocycles. The zero-order chi connectivity index (χ0) is 13.5. The van der Waals surface area contributed by atoms with Crippen molar-refractivity contribution in [1.29, 1.82) is 0 Å². The van der Waals surface area contributed by atoms with Gasteiger partial charge in [0.05, 0.1) is 12.7 Å². The van der Waals surface area contributed by atoms with E-state index in [0.717, 1.165) is 17.9 Å². The Labute approximate surface area is 115 Å². The molecule has 1 atom stereocenters. The monoisotopic (exact) mass is 263 g/mol. The Morgan fingerprint density at radius 2 is 2.05 bits per heavy atom. The molecule has 1 aromatic carbocycles. The summed E-state index contributed by atoms with van der Waals surface area (Å²) in [6, 6.07) is 7.75. The average Bonchev–Trinajstić information content (AvgIpc) is 2.47. The van der Waals surface area contributed by atoms with Crippen molar-refractivity contribution < 1.29 is 9.84 Å². The molecule has 0 aliphatic heterocycles. The van der Waals surface area contributed by atoms with Crippen LogP contribution in [0.5, 0.6) is 5.75 Å². The molecule has 1 aliphatic rings. The number of benzene rings is 1. The van der Waals surface area contributed by atoms with E-state index in [2.05, 4.69) is 0 Å². The molecule has 0 bridgehead atoms. The highest BCUT2D eigenvalue weighted by molar-refractivity contribution is 5.29. The van der Waals surface area contributed by atoms with Crippen molar-refractivity contribution in [2.24, 2.45) is 11.7 Å². The molecule has 19 heavy (non-hydrogen) atoms. The number of aliphatic hydroxyl groups is 1. The summed E-state index contributed by atoms with van der Waals surface area (Å²) in [5, 5.41) is 9.93. The zero-order valence-corrected chi connectivity index (χ0v) is 11.6. The van der Waals surface area contributed by atoms with E-state index >= 15 is 0 Å². The topological polar surface area (TPSA) is 55.5 Å². The second-order valence-electron chi connectivity index (χ2n) is 5.48. The largest absolute Gasteiger partial charge is 0.493 e. The molecule has 0 radical (unpaired) electrons. The van der Waals surface area contributed by atoms with Crippen molar-refractivity contribution in [3.63, 3.8) is 0 Å². The molecule has 0 amide bonds. The number of nitrogens with two attached hydrogens (primary N) is 1. The molecule has 1 aliphatic carbocycles. The molecule has 0 saturated heterocycles. The zero-order valence-electron chi connectivity index (χ0n) is 11.6. The lowest BCUT2D eigenvalue weighted by atomic mass is 9.90. The molecule has 3 N–H and O–H groups in total. The van der Waals surface area contributed by atoms with Gasteiger partial charge in [-0.3, -0.25) is 0 Å². The fourth-order valence-electron chi connectivity index (χ4n) is 2.70. The molecular formula is C16H25NO2. The fourth-order valence-corrected chi connectivity index (χ4v) is 2.70. The first-order valence-electron chi connectivity index (χ1n) is 7.40. The molecule has 2 rings (SSSR count). The van der Waals surface area contributed by atoms with E-state index in [1.165, 1.54) is 32.1 Å². The molecule has 3 nitrogen and oxygen atoms in total. The van der Waals surface area contributed by atoms with Crippen LogP contribution < -0.4 is 10.5 Å². The van der Waals surface area contributed by atoms with E-state index < -0.39 is 6.10 Å². The first-order valence-corrected chi connectivity index (χ1v) is 7.40. The van der Waals surface area contributed by atoms with Crippen LogP contribution in [0, 0.1) is 5.92 Å². The van der Waals surface area contributed by atoms with E-state index in [1.807, 2.05) is 24.3 Å². The molecule has 0 spiro atoms. The lowest BCUT2D eigenvalue weighted by Gasteiger charge is -2.22. The maximum absolute atomic E-state index is 9.93. The summed E-state index contributed by atoms with van der Waals surface area (Å²) in [7, 11) is 0. The summed E-state index contributed by atoms with van der Waals surface area (Å²) in [5.41, 5.74) is 6.36. The van der Waals surface area contributed by atoms with Gasteiger partial charge >= 0.3 is 0 Å². The van der Waals surface area contributed by atoms with Crippen LogP contribution in [-0.2, 0) is 0 Å². The van der Waals surface area contributed by atoms with Crippen LogP contribution in [0.1, 0.15) is 50.2 Å². The van der Waals surface area contributed by atoms with Crippen LogP contribution in [0.3, 0.4) is 0 Å². The lowest BCUT2D eigenvalue weighted by molar-refractivity contribution is 0.169. The van der Waals surface area contributed by atoms with Crippen LogP contribution in [0.4, 0.5) is 0 Å². The molecule has 1 aromatic rings. The van der Waals surface area contributed by atoms with E-state index in [-0.39, 0.29) is 0 Å². The van der Waals surface area contributed by atoms with Crippen LogP contribution >= 0.6 is 0 Å². The third-order valence-corrected chi connectivity index (χ3v) is 3.89. The Hall–Kier alpha value is -1.06. The third kappa shape index (κ3) is 4.51. The van der Waals surface area contributed by atoms with Gasteiger partial charge in [0.15, 0.2) is 0 Å². The normalized spacial score (nSPS) is 18.2. The fraction of sp³-hybridized carbons (Fsp3) is 0.625. The highest BCUT2D eigenvalue weighted by Crippen LogP contribution is 2.26. The molecule has 0 unspecified atom stereocenters. The second kappa shape index (κ2) is 7.51. The number of ether oxygens (including phenoxy) is 1. The van der Waals surface area contributed by atoms with Crippen LogP contribution in [0.15, 0.2) is 24.3 Å². The molecule has 0 aromatic heterocycles. The number of hydrogen-bond donors (Lipinski definition) is 2. The van der Waals surface area contributed by atoms with Gasteiger partial charge in [0.2, 0.25) is 0 Å². The standard InChI is InChI=1S/C16H25NO2/c17-10-9-16(18)14-7-4-8-15(11-14)19-12-13-5-2-1-3-6-13/h4,7-8,11,13,16,18H,1-3,5-6,9-10,12,17H2/t16-/m0/s1. The SMILES string of the molecule is NCC[C@H](O)c1cccc(OCC2CCCCC2)c1. The molecule has 1 fully saturated rings. The van der Waals surface area contributed by atoms with Gasteiger partial charge in [-0.15, -0.1) is 0 Å². The first kappa shape index (κ1) is 14.4. The summed E-state index contributed by atoms with van der Waals surface area (Å²) in [5.74, 6) is 1.56. The number of hydrogen-bond acceptors (Lipinski definition) is 3. The lowest BCUT2D eigenvalue weighted by Crippen LogP contribution is -2.15. The van der Waals surface area contributed by atoms with Crippen molar-refractivity contribution in [3.05, 3.63) is 29.8 Å². The van der Waals surface area contributed by atoms with E-state index in [1.54, 1.807) is 0 Å². The Bertz CT molecular complexity index is 375. The molecular weight excluding hydrogens is 238 g/mol. The third-order valence-electron chi connectivity index (χ3n) is 3.89. The van der Waals surface area contributed by atoms with E-state index in [9.17, 15) is 5.11 Å². The Morgan fingerprint density at radius 1 is 1.26 bits per heavy atom. The maximum Gasteiger partial charge on any atom is 0.119 e. The molecule has 1 saturated carbocycles. The van der Waals surface area contributed by atoms with Crippen LogP contribution in [0.25, 0.3) is 0 Å². The minimum Gasteiger partial charge on any atom is -0.493 e. The van der Waals surface area contributed by atoms with Crippen molar-refractivity contribution in [2.75, 3.05) is 13.2 Å². The van der Waals surface area contributed by atoms with Gasteiger partial charge in [-0.05, 0) is 49.4 Å². The van der Waals surface area contributed by atoms with Crippen LogP contribution in [0.2, 0.25) is 0 Å². The van der Waals surface area contributed by atoms with Crippen LogP contribution in [-0.4, -0.2) is 18.3 Å². The van der Waals surface area contributed by atoms with Crippen molar-refractivity contribution in [2.45, 2.75) is 44.6 Å².